The fourth-order valence-electron chi connectivity index (χ4n) is 4.37. The maximum Gasteiger partial charge on any atom is 0.409 e. The number of amides is 2. The third kappa shape index (κ3) is 4.86. The van der Waals surface area contributed by atoms with Gasteiger partial charge in [-0.25, -0.2) is 9.78 Å². The number of ether oxygens (including phenoxy) is 2. The lowest BCUT2D eigenvalue weighted by Gasteiger charge is -2.34. The van der Waals surface area contributed by atoms with Crippen LogP contribution in [0.3, 0.4) is 0 Å². The van der Waals surface area contributed by atoms with Crippen LogP contribution in [0, 0.1) is 0 Å². The number of fused-ring (bicyclic) bond motifs is 3. The highest BCUT2D eigenvalue weighted by Crippen LogP contribution is 2.27. The molecule has 192 valence electrons. The molecule has 0 atom stereocenters. The van der Waals surface area contributed by atoms with Crippen LogP contribution in [0.15, 0.2) is 58.5 Å². The standard InChI is InChI=1S/C26H27N5O5S/c1-3-36-26(34)30-14-12-29(13-15-30)21(32)16-37-25-28-22-19-6-4-5-7-20(19)27-23(22)24(33)31(25)17-8-10-18(35-2)11-9-17/h4-11,27H,3,12-16H2,1-2H3. The molecule has 2 aromatic heterocycles. The van der Waals surface area contributed by atoms with E-state index in [-0.39, 0.29) is 23.3 Å². The Bertz CT molecular complexity index is 1510. The summed E-state index contributed by atoms with van der Waals surface area (Å²) < 4.78 is 11.8. The number of aromatic nitrogens is 3. The number of nitrogens with one attached hydrogen (secondary N) is 1. The van der Waals surface area contributed by atoms with Crippen LogP contribution in [-0.2, 0) is 9.53 Å². The van der Waals surface area contributed by atoms with Gasteiger partial charge in [0.2, 0.25) is 5.91 Å². The molecule has 1 aliphatic rings. The molecule has 0 unspecified atom stereocenters. The molecule has 1 N–H and O–H groups in total. The van der Waals surface area contributed by atoms with Crippen molar-refractivity contribution in [3.05, 3.63) is 58.9 Å². The monoisotopic (exact) mass is 521 g/mol. The van der Waals surface area contributed by atoms with Crippen molar-refractivity contribution in [3.8, 4) is 11.4 Å². The molecular weight excluding hydrogens is 494 g/mol. The first-order valence-electron chi connectivity index (χ1n) is 12.0. The maximum absolute atomic E-state index is 13.7. The molecule has 0 aliphatic carbocycles. The summed E-state index contributed by atoms with van der Waals surface area (Å²) in [6.45, 7) is 3.79. The lowest BCUT2D eigenvalue weighted by atomic mass is 10.2. The maximum atomic E-state index is 13.7. The molecule has 1 fully saturated rings. The van der Waals surface area contributed by atoms with Gasteiger partial charge in [0, 0.05) is 37.1 Å². The SMILES string of the molecule is CCOC(=O)N1CCN(C(=O)CSc2nc3c([nH]c4ccccc43)c(=O)n2-c2ccc(OC)cc2)CC1. The number of hydrogen-bond acceptors (Lipinski definition) is 7. The Labute approximate surface area is 217 Å². The molecule has 0 bridgehead atoms. The Hall–Kier alpha value is -3.99. The van der Waals surface area contributed by atoms with Crippen LogP contribution in [0.1, 0.15) is 6.92 Å². The molecule has 0 radical (unpaired) electrons. The van der Waals surface area contributed by atoms with Crippen molar-refractivity contribution >= 4 is 45.7 Å². The van der Waals surface area contributed by atoms with Gasteiger partial charge < -0.3 is 24.3 Å². The second-order valence-corrected chi connectivity index (χ2v) is 9.43. The molecule has 3 heterocycles. The van der Waals surface area contributed by atoms with Crippen molar-refractivity contribution in [3.63, 3.8) is 0 Å². The van der Waals surface area contributed by atoms with E-state index in [1.807, 2.05) is 24.3 Å². The molecule has 4 aromatic rings. The van der Waals surface area contributed by atoms with Gasteiger partial charge in [-0.3, -0.25) is 14.2 Å². The lowest BCUT2D eigenvalue weighted by Crippen LogP contribution is -2.51. The highest BCUT2D eigenvalue weighted by atomic mass is 32.2. The molecule has 2 amide bonds. The largest absolute Gasteiger partial charge is 0.497 e. The second-order valence-electron chi connectivity index (χ2n) is 8.48. The topological polar surface area (TPSA) is 110 Å². The van der Waals surface area contributed by atoms with Crippen molar-refractivity contribution < 1.29 is 19.1 Å². The van der Waals surface area contributed by atoms with Gasteiger partial charge in [-0.05, 0) is 37.3 Å². The fourth-order valence-corrected chi connectivity index (χ4v) is 5.28. The highest BCUT2D eigenvalue weighted by Gasteiger charge is 2.25. The van der Waals surface area contributed by atoms with Crippen LogP contribution in [-0.4, -0.2) is 82.0 Å². The summed E-state index contributed by atoms with van der Waals surface area (Å²) in [5, 5.41) is 1.27. The van der Waals surface area contributed by atoms with E-state index in [2.05, 4.69) is 4.98 Å². The third-order valence-corrected chi connectivity index (χ3v) is 7.23. The Kier molecular flexibility index (Phi) is 7.04. The fraction of sp³-hybridized carbons (Fsp3) is 0.308. The van der Waals surface area contributed by atoms with Crippen LogP contribution >= 0.6 is 11.8 Å². The molecule has 2 aromatic carbocycles. The van der Waals surface area contributed by atoms with Crippen LogP contribution in [0.25, 0.3) is 27.6 Å². The summed E-state index contributed by atoms with van der Waals surface area (Å²) in [6.07, 6.45) is -0.358. The van der Waals surface area contributed by atoms with Gasteiger partial charge in [-0.15, -0.1) is 0 Å². The quantitative estimate of drug-likeness (QED) is 0.306. The summed E-state index contributed by atoms with van der Waals surface area (Å²) in [7, 11) is 1.58. The normalized spacial score (nSPS) is 13.8. The van der Waals surface area contributed by atoms with Crippen molar-refractivity contribution in [2.45, 2.75) is 12.1 Å². The number of methoxy groups -OCH3 is 1. The van der Waals surface area contributed by atoms with Gasteiger partial charge in [0.05, 0.1) is 25.2 Å². The smallest absolute Gasteiger partial charge is 0.409 e. The van der Waals surface area contributed by atoms with Gasteiger partial charge in [0.1, 0.15) is 16.8 Å². The second kappa shape index (κ2) is 10.6. The first-order chi connectivity index (χ1) is 18.0. The lowest BCUT2D eigenvalue weighted by molar-refractivity contribution is -0.129. The Balaban J connectivity index is 1.43. The predicted molar refractivity (Wildman–Crippen MR) is 142 cm³/mol. The van der Waals surface area contributed by atoms with Crippen LogP contribution in [0.2, 0.25) is 0 Å². The summed E-state index contributed by atoms with van der Waals surface area (Å²) >= 11 is 1.22. The number of piperazine rings is 1. The van der Waals surface area contributed by atoms with Crippen LogP contribution < -0.4 is 10.3 Å². The zero-order chi connectivity index (χ0) is 25.9. The Morgan fingerprint density at radius 2 is 1.73 bits per heavy atom. The predicted octanol–water partition coefficient (Wildman–Crippen LogP) is 3.27. The average Bonchev–Trinajstić information content (AvgIpc) is 3.31. The third-order valence-electron chi connectivity index (χ3n) is 6.31. The molecule has 10 nitrogen and oxygen atoms in total. The molecule has 11 heteroatoms. The summed E-state index contributed by atoms with van der Waals surface area (Å²) in [5.74, 6) is 0.696. The number of rotatable bonds is 6. The van der Waals surface area contributed by atoms with Gasteiger partial charge >= 0.3 is 6.09 Å². The van der Waals surface area contributed by atoms with Gasteiger partial charge in [-0.2, -0.15) is 0 Å². The molecule has 37 heavy (non-hydrogen) atoms. The molecular formula is C26H27N5O5S. The number of carbonyl (C=O) groups excluding carboxylic acids is 2. The molecule has 0 spiro atoms. The highest BCUT2D eigenvalue weighted by molar-refractivity contribution is 7.99. The number of nitrogens with zero attached hydrogens (tertiary/aromatic N) is 4. The summed E-state index contributed by atoms with van der Waals surface area (Å²) in [4.78, 5) is 50.0. The number of benzene rings is 2. The van der Waals surface area contributed by atoms with Crippen molar-refractivity contribution in [1.82, 2.24) is 24.3 Å². The number of para-hydroxylation sites is 1. The minimum Gasteiger partial charge on any atom is -0.497 e. The average molecular weight is 522 g/mol. The van der Waals surface area contributed by atoms with Crippen LogP contribution in [0.5, 0.6) is 5.75 Å². The molecule has 1 saturated heterocycles. The molecule has 5 rings (SSSR count). The van der Waals surface area contributed by atoms with E-state index in [4.69, 9.17) is 14.5 Å². The number of H-pyrrole nitrogens is 1. The number of thioether (sulfide) groups is 1. The minimum atomic E-state index is -0.358. The van der Waals surface area contributed by atoms with E-state index in [0.29, 0.717) is 60.4 Å². The summed E-state index contributed by atoms with van der Waals surface area (Å²) in [5.41, 5.74) is 2.17. The minimum absolute atomic E-state index is 0.0805. The van der Waals surface area contributed by atoms with Gasteiger partial charge in [-0.1, -0.05) is 30.0 Å². The van der Waals surface area contributed by atoms with E-state index < -0.39 is 0 Å². The van der Waals surface area contributed by atoms with E-state index >= 15 is 0 Å². The first-order valence-corrected chi connectivity index (χ1v) is 13.0. The first kappa shape index (κ1) is 24.7. The van der Waals surface area contributed by atoms with Gasteiger partial charge in [0.15, 0.2) is 5.16 Å². The van der Waals surface area contributed by atoms with E-state index in [1.54, 1.807) is 48.1 Å². The van der Waals surface area contributed by atoms with Crippen molar-refractivity contribution in [2.24, 2.45) is 0 Å². The van der Waals surface area contributed by atoms with Crippen LogP contribution in [0.4, 0.5) is 4.79 Å². The van der Waals surface area contributed by atoms with E-state index in [0.717, 1.165) is 10.9 Å². The van der Waals surface area contributed by atoms with E-state index in [1.165, 1.54) is 16.3 Å². The van der Waals surface area contributed by atoms with Crippen molar-refractivity contribution in [2.75, 3.05) is 45.6 Å². The zero-order valence-corrected chi connectivity index (χ0v) is 21.4. The molecule has 0 saturated carbocycles. The number of hydrogen-bond donors (Lipinski definition) is 1. The zero-order valence-electron chi connectivity index (χ0n) is 20.6. The van der Waals surface area contributed by atoms with Gasteiger partial charge in [0.25, 0.3) is 5.56 Å². The Morgan fingerprint density at radius 1 is 1.03 bits per heavy atom. The Morgan fingerprint density at radius 3 is 2.43 bits per heavy atom. The molecule has 1 aliphatic heterocycles. The summed E-state index contributed by atoms with van der Waals surface area (Å²) in [6, 6.07) is 14.8. The van der Waals surface area contributed by atoms with E-state index in [9.17, 15) is 14.4 Å². The van der Waals surface area contributed by atoms with Crippen molar-refractivity contribution in [1.29, 1.82) is 0 Å². The number of carbonyl (C=O) groups is 2. The number of aromatic amines is 1.